The van der Waals surface area contributed by atoms with E-state index in [0.717, 1.165) is 28.5 Å². The van der Waals surface area contributed by atoms with Gasteiger partial charge in [-0.15, -0.1) is 0 Å². The van der Waals surface area contributed by atoms with Crippen LogP contribution in [-0.2, 0) is 13.0 Å². The third-order valence-electron chi connectivity index (χ3n) is 4.28. The van der Waals surface area contributed by atoms with Crippen LogP contribution < -0.4 is 5.32 Å². The lowest BCUT2D eigenvalue weighted by atomic mass is 10.1. The van der Waals surface area contributed by atoms with Gasteiger partial charge in [-0.3, -0.25) is 4.98 Å². The van der Waals surface area contributed by atoms with Gasteiger partial charge in [-0.25, -0.2) is 19.3 Å². The third kappa shape index (κ3) is 3.59. The lowest BCUT2D eigenvalue weighted by molar-refractivity contribution is 0.571. The third-order valence-corrected chi connectivity index (χ3v) is 4.28. The highest BCUT2D eigenvalue weighted by Crippen LogP contribution is 2.23. The number of fused-ring (bicyclic) bond motifs is 1. The average Bonchev–Trinajstić information content (AvgIpc) is 3.06. The minimum absolute atomic E-state index is 0.301. The molecule has 0 spiro atoms. The number of hydrogen-bond acceptors (Lipinski definition) is 5. The van der Waals surface area contributed by atoms with Crippen molar-refractivity contribution in [3.8, 4) is 0 Å². The van der Waals surface area contributed by atoms with Crippen molar-refractivity contribution in [3.63, 3.8) is 0 Å². The maximum atomic E-state index is 14.5. The van der Waals surface area contributed by atoms with Crippen LogP contribution in [0.3, 0.4) is 0 Å². The van der Waals surface area contributed by atoms with Gasteiger partial charge >= 0.3 is 0 Å². The summed E-state index contributed by atoms with van der Waals surface area (Å²) < 4.78 is 27.6. The van der Waals surface area contributed by atoms with E-state index in [1.165, 1.54) is 12.4 Å². The number of aryl methyl sites for hydroxylation is 1. The summed E-state index contributed by atoms with van der Waals surface area (Å²) in [5.74, 6) is -0.595. The molecule has 4 aromatic rings. The van der Waals surface area contributed by atoms with Crippen molar-refractivity contribution >= 4 is 16.9 Å². The Bertz CT molecular complexity index is 1110. The fourth-order valence-corrected chi connectivity index (χ4v) is 2.98. The van der Waals surface area contributed by atoms with E-state index in [4.69, 9.17) is 0 Å². The molecule has 0 aliphatic rings. The van der Waals surface area contributed by atoms with Crippen molar-refractivity contribution in [1.82, 2.24) is 24.9 Å². The molecule has 2 N–H and O–H groups in total. The lowest BCUT2D eigenvalue weighted by Crippen LogP contribution is -2.05. The molecule has 0 saturated carbocycles. The fourth-order valence-electron chi connectivity index (χ4n) is 2.98. The Labute approximate surface area is 153 Å². The number of aromatic nitrogens is 5. The topological polar surface area (TPSA) is 79.4 Å². The Morgan fingerprint density at radius 3 is 2.81 bits per heavy atom. The number of nitrogens with one attached hydrogen (secondary N) is 2. The number of pyridine rings is 2. The van der Waals surface area contributed by atoms with Gasteiger partial charge in [0.15, 0.2) is 0 Å². The molecule has 0 atom stereocenters. The molecular formula is C19H16F2N6. The van der Waals surface area contributed by atoms with Gasteiger partial charge in [0.25, 0.3) is 0 Å². The molecule has 4 aromatic heterocycles. The van der Waals surface area contributed by atoms with Gasteiger partial charge in [0.2, 0.25) is 5.95 Å². The molecule has 0 aromatic carbocycles. The SMILES string of the molecule is Cc1ncnc2[nH]cc(Cc3ccc(NCc4cncc(F)c4)nc3F)c12. The maximum absolute atomic E-state index is 14.5. The first kappa shape index (κ1) is 17.0. The van der Waals surface area contributed by atoms with Crippen LogP contribution in [0, 0.1) is 18.7 Å². The smallest absolute Gasteiger partial charge is 0.218 e. The number of nitrogens with zero attached hydrogens (tertiary/aromatic N) is 4. The van der Waals surface area contributed by atoms with Crippen molar-refractivity contribution in [2.24, 2.45) is 0 Å². The van der Waals surface area contributed by atoms with Gasteiger partial charge in [-0.1, -0.05) is 6.07 Å². The first-order chi connectivity index (χ1) is 13.1. The summed E-state index contributed by atoms with van der Waals surface area (Å²) in [4.78, 5) is 19.2. The second-order valence-electron chi connectivity index (χ2n) is 6.18. The van der Waals surface area contributed by atoms with Crippen LogP contribution >= 0.6 is 0 Å². The quantitative estimate of drug-likeness (QED) is 0.528. The van der Waals surface area contributed by atoms with Gasteiger partial charge in [-0.2, -0.15) is 4.39 Å². The van der Waals surface area contributed by atoms with Crippen molar-refractivity contribution in [2.75, 3.05) is 5.32 Å². The molecule has 4 heterocycles. The zero-order valence-electron chi connectivity index (χ0n) is 14.5. The first-order valence-corrected chi connectivity index (χ1v) is 8.36. The average molecular weight is 366 g/mol. The van der Waals surface area contributed by atoms with Crippen molar-refractivity contribution in [3.05, 3.63) is 77.3 Å². The van der Waals surface area contributed by atoms with Gasteiger partial charge in [0.05, 0.1) is 11.9 Å². The zero-order chi connectivity index (χ0) is 18.8. The van der Waals surface area contributed by atoms with Gasteiger partial charge in [-0.05, 0) is 30.2 Å². The lowest BCUT2D eigenvalue weighted by Gasteiger charge is -2.08. The van der Waals surface area contributed by atoms with Crippen LogP contribution in [0.15, 0.2) is 43.1 Å². The minimum Gasteiger partial charge on any atom is -0.366 e. The number of hydrogen-bond donors (Lipinski definition) is 2. The molecule has 0 radical (unpaired) electrons. The van der Waals surface area contributed by atoms with Crippen LogP contribution in [0.25, 0.3) is 11.0 Å². The van der Waals surface area contributed by atoms with Crippen molar-refractivity contribution in [2.45, 2.75) is 19.9 Å². The van der Waals surface area contributed by atoms with E-state index in [-0.39, 0.29) is 0 Å². The Morgan fingerprint density at radius 1 is 1.11 bits per heavy atom. The molecule has 0 saturated heterocycles. The Hall–Kier alpha value is -3.42. The van der Waals surface area contributed by atoms with E-state index in [1.807, 2.05) is 13.1 Å². The predicted octanol–water partition coefficient (Wildman–Crippen LogP) is 3.54. The number of rotatable bonds is 5. The van der Waals surface area contributed by atoms with E-state index in [2.05, 4.69) is 30.2 Å². The van der Waals surface area contributed by atoms with Gasteiger partial charge < -0.3 is 10.3 Å². The molecule has 27 heavy (non-hydrogen) atoms. The molecule has 136 valence electrons. The molecular weight excluding hydrogens is 350 g/mol. The van der Waals surface area contributed by atoms with Crippen LogP contribution in [0.2, 0.25) is 0 Å². The first-order valence-electron chi connectivity index (χ1n) is 8.36. The number of aromatic amines is 1. The molecule has 6 nitrogen and oxygen atoms in total. The summed E-state index contributed by atoms with van der Waals surface area (Å²) >= 11 is 0. The van der Waals surface area contributed by atoms with Crippen LogP contribution in [0.1, 0.15) is 22.4 Å². The molecule has 0 unspecified atom stereocenters. The summed E-state index contributed by atoms with van der Waals surface area (Å²) in [6, 6.07) is 4.75. The van der Waals surface area contributed by atoms with Crippen LogP contribution in [0.5, 0.6) is 0 Å². The second kappa shape index (κ2) is 7.06. The number of halogens is 2. The van der Waals surface area contributed by atoms with E-state index in [1.54, 1.807) is 18.3 Å². The highest BCUT2D eigenvalue weighted by molar-refractivity contribution is 5.82. The number of H-pyrrole nitrogens is 1. The molecule has 0 aliphatic heterocycles. The van der Waals surface area contributed by atoms with Gasteiger partial charge in [0.1, 0.15) is 23.6 Å². The van der Waals surface area contributed by atoms with Crippen molar-refractivity contribution in [1.29, 1.82) is 0 Å². The largest absolute Gasteiger partial charge is 0.366 e. The highest BCUT2D eigenvalue weighted by Gasteiger charge is 2.12. The van der Waals surface area contributed by atoms with Gasteiger partial charge in [0, 0.05) is 36.3 Å². The summed E-state index contributed by atoms with van der Waals surface area (Å²) in [7, 11) is 0. The maximum Gasteiger partial charge on any atom is 0.218 e. The van der Waals surface area contributed by atoms with Crippen molar-refractivity contribution < 1.29 is 8.78 Å². The zero-order valence-corrected chi connectivity index (χ0v) is 14.5. The number of anilines is 1. The standard InChI is InChI=1S/C19H16F2N6/c1-11-17-14(8-24-19(17)26-10-25-11)5-13-2-3-16(27-18(13)21)23-7-12-4-15(20)9-22-6-12/h2-4,6,8-10H,5,7H2,1H3,(H,23,27)(H,24,25,26). The summed E-state index contributed by atoms with van der Waals surface area (Å²) in [6.07, 6.45) is 6.36. The molecule has 0 bridgehead atoms. The molecule has 0 amide bonds. The summed E-state index contributed by atoms with van der Waals surface area (Å²) in [6.45, 7) is 2.19. The van der Waals surface area contributed by atoms with E-state index < -0.39 is 11.8 Å². The minimum atomic E-state index is -0.554. The summed E-state index contributed by atoms with van der Waals surface area (Å²) in [5.41, 5.74) is 3.60. The Balaban J connectivity index is 1.51. The van der Waals surface area contributed by atoms with E-state index in [0.29, 0.717) is 29.9 Å². The molecule has 0 aliphatic carbocycles. The predicted molar refractivity (Wildman–Crippen MR) is 97.1 cm³/mol. The normalized spacial score (nSPS) is 11.1. The fraction of sp³-hybridized carbons (Fsp3) is 0.158. The highest BCUT2D eigenvalue weighted by atomic mass is 19.1. The van der Waals surface area contributed by atoms with Crippen LogP contribution in [0.4, 0.5) is 14.6 Å². The van der Waals surface area contributed by atoms with E-state index in [9.17, 15) is 8.78 Å². The monoisotopic (exact) mass is 366 g/mol. The van der Waals surface area contributed by atoms with Crippen LogP contribution in [-0.4, -0.2) is 24.9 Å². The Kier molecular flexibility index (Phi) is 4.45. The van der Waals surface area contributed by atoms with E-state index >= 15 is 0 Å². The molecule has 4 rings (SSSR count). The second-order valence-corrected chi connectivity index (χ2v) is 6.18. The summed E-state index contributed by atoms with van der Waals surface area (Å²) in [5, 5.41) is 3.87. The Morgan fingerprint density at radius 2 is 2.00 bits per heavy atom. The molecule has 8 heteroatoms. The molecule has 0 fully saturated rings.